The van der Waals surface area contributed by atoms with Crippen LogP contribution >= 0.6 is 27.5 Å². The van der Waals surface area contributed by atoms with E-state index in [2.05, 4.69) is 20.9 Å². The van der Waals surface area contributed by atoms with Crippen molar-refractivity contribution in [3.8, 4) is 0 Å². The molecule has 0 aliphatic carbocycles. The molecule has 0 radical (unpaired) electrons. The Morgan fingerprint density at radius 2 is 2.25 bits per heavy atom. The third kappa shape index (κ3) is 3.46. The second-order valence-electron chi connectivity index (χ2n) is 4.04. The predicted molar refractivity (Wildman–Crippen MR) is 66.8 cm³/mol. The third-order valence-corrected chi connectivity index (χ3v) is 3.01. The minimum absolute atomic E-state index is 0.297. The van der Waals surface area contributed by atoms with Crippen LogP contribution in [-0.4, -0.2) is 16.1 Å². The van der Waals surface area contributed by atoms with Gasteiger partial charge in [0.25, 0.3) is 0 Å². The Hall–Kier alpha value is -0.610. The van der Waals surface area contributed by atoms with Crippen molar-refractivity contribution in [3.05, 3.63) is 27.5 Å². The van der Waals surface area contributed by atoms with Gasteiger partial charge in [-0.15, -0.1) is 0 Å². The maximum Gasteiger partial charge on any atom is 0.312 e. The van der Waals surface area contributed by atoms with Gasteiger partial charge in [-0.25, -0.2) is 0 Å². The van der Waals surface area contributed by atoms with Crippen molar-refractivity contribution >= 4 is 33.5 Å². The molecule has 0 aromatic carbocycles. The second-order valence-corrected chi connectivity index (χ2v) is 5.33. The second kappa shape index (κ2) is 5.64. The van der Waals surface area contributed by atoms with Crippen LogP contribution in [-0.2, 0) is 4.79 Å². The van der Waals surface area contributed by atoms with E-state index >= 15 is 0 Å². The first-order valence-corrected chi connectivity index (χ1v) is 6.12. The van der Waals surface area contributed by atoms with Gasteiger partial charge in [-0.2, -0.15) is 0 Å². The van der Waals surface area contributed by atoms with E-state index in [0.29, 0.717) is 27.5 Å². The largest absolute Gasteiger partial charge is 0.481 e. The van der Waals surface area contributed by atoms with Crippen molar-refractivity contribution in [3.63, 3.8) is 0 Å². The summed E-state index contributed by atoms with van der Waals surface area (Å²) in [4.78, 5) is 15.3. The highest BCUT2D eigenvalue weighted by Gasteiger charge is 2.24. The first kappa shape index (κ1) is 13.5. The lowest BCUT2D eigenvalue weighted by atomic mass is 9.94. The quantitative estimate of drug-likeness (QED) is 0.922. The standard InChI is InChI=1S/C11H13BrClNO2/c1-6(2)3-8(11(15)16)10-9(12)4-7(13)5-14-10/h4-6,8H,3H2,1-2H3,(H,15,16). The molecule has 0 spiro atoms. The molecule has 0 saturated heterocycles. The van der Waals surface area contributed by atoms with Gasteiger partial charge in [0.05, 0.1) is 10.7 Å². The van der Waals surface area contributed by atoms with Crippen molar-refractivity contribution < 1.29 is 9.90 Å². The van der Waals surface area contributed by atoms with Gasteiger partial charge in [-0.1, -0.05) is 25.4 Å². The maximum absolute atomic E-state index is 11.2. The fraction of sp³-hybridized carbons (Fsp3) is 0.455. The Bertz CT molecular complexity index is 396. The zero-order chi connectivity index (χ0) is 12.3. The lowest BCUT2D eigenvalue weighted by Crippen LogP contribution is -2.16. The van der Waals surface area contributed by atoms with Gasteiger partial charge >= 0.3 is 5.97 Å². The van der Waals surface area contributed by atoms with Crippen molar-refractivity contribution in [2.75, 3.05) is 0 Å². The van der Waals surface area contributed by atoms with E-state index in [-0.39, 0.29) is 0 Å². The lowest BCUT2D eigenvalue weighted by molar-refractivity contribution is -0.139. The topological polar surface area (TPSA) is 50.2 Å². The molecule has 0 aliphatic heterocycles. The van der Waals surface area contributed by atoms with E-state index in [1.807, 2.05) is 13.8 Å². The van der Waals surface area contributed by atoms with Crippen LogP contribution in [0.5, 0.6) is 0 Å². The normalized spacial score (nSPS) is 12.8. The van der Waals surface area contributed by atoms with E-state index in [0.717, 1.165) is 0 Å². The molecule has 0 saturated carbocycles. The molecule has 0 amide bonds. The summed E-state index contributed by atoms with van der Waals surface area (Å²) in [7, 11) is 0. The molecule has 3 nitrogen and oxygen atoms in total. The molecule has 1 aromatic heterocycles. The van der Waals surface area contributed by atoms with Crippen molar-refractivity contribution in [1.82, 2.24) is 4.98 Å². The Kier molecular flexibility index (Phi) is 4.74. The highest BCUT2D eigenvalue weighted by atomic mass is 79.9. The van der Waals surface area contributed by atoms with E-state index in [1.165, 1.54) is 6.20 Å². The summed E-state index contributed by atoms with van der Waals surface area (Å²) in [6, 6.07) is 1.67. The Morgan fingerprint density at radius 3 is 2.69 bits per heavy atom. The number of aliphatic carboxylic acids is 1. The summed E-state index contributed by atoms with van der Waals surface area (Å²) in [5.41, 5.74) is 0.533. The van der Waals surface area contributed by atoms with Crippen LogP contribution in [0.1, 0.15) is 31.9 Å². The van der Waals surface area contributed by atoms with Gasteiger partial charge in [0.2, 0.25) is 0 Å². The van der Waals surface area contributed by atoms with Crippen molar-refractivity contribution in [2.24, 2.45) is 5.92 Å². The zero-order valence-electron chi connectivity index (χ0n) is 9.08. The minimum Gasteiger partial charge on any atom is -0.481 e. The number of carboxylic acids is 1. The molecule has 88 valence electrons. The number of halogens is 2. The number of nitrogens with zero attached hydrogens (tertiary/aromatic N) is 1. The third-order valence-electron chi connectivity index (χ3n) is 2.17. The van der Waals surface area contributed by atoms with Crippen molar-refractivity contribution in [1.29, 1.82) is 0 Å². The molecule has 1 aromatic rings. The molecule has 5 heteroatoms. The van der Waals surface area contributed by atoms with Gasteiger partial charge in [-0.3, -0.25) is 9.78 Å². The molecular weight excluding hydrogens is 293 g/mol. The van der Waals surface area contributed by atoms with Crippen molar-refractivity contribution in [2.45, 2.75) is 26.2 Å². The van der Waals surface area contributed by atoms with Crippen LogP contribution in [0.4, 0.5) is 0 Å². The first-order valence-electron chi connectivity index (χ1n) is 4.95. The van der Waals surface area contributed by atoms with Crippen LogP contribution in [0.15, 0.2) is 16.7 Å². The van der Waals surface area contributed by atoms with Crippen LogP contribution in [0.3, 0.4) is 0 Å². The monoisotopic (exact) mass is 305 g/mol. The molecule has 1 atom stereocenters. The summed E-state index contributed by atoms with van der Waals surface area (Å²) in [6.07, 6.45) is 2.03. The average molecular weight is 307 g/mol. The van der Waals surface area contributed by atoms with E-state index in [1.54, 1.807) is 6.07 Å². The maximum atomic E-state index is 11.2. The highest BCUT2D eigenvalue weighted by Crippen LogP contribution is 2.30. The number of aromatic nitrogens is 1. The highest BCUT2D eigenvalue weighted by molar-refractivity contribution is 9.10. The van der Waals surface area contributed by atoms with E-state index in [9.17, 15) is 9.90 Å². The number of hydrogen-bond acceptors (Lipinski definition) is 2. The number of pyridine rings is 1. The van der Waals surface area contributed by atoms with E-state index < -0.39 is 11.9 Å². The number of carbonyl (C=O) groups is 1. The zero-order valence-corrected chi connectivity index (χ0v) is 11.4. The molecular formula is C11H13BrClNO2. The summed E-state index contributed by atoms with van der Waals surface area (Å²) >= 11 is 9.06. The van der Waals surface area contributed by atoms with E-state index in [4.69, 9.17) is 11.6 Å². The van der Waals surface area contributed by atoms with Crippen LogP contribution < -0.4 is 0 Å². The van der Waals surface area contributed by atoms with Crippen LogP contribution in [0, 0.1) is 5.92 Å². The Labute approximate surface area is 108 Å². The SMILES string of the molecule is CC(C)CC(C(=O)O)c1ncc(Cl)cc1Br. The predicted octanol–water partition coefficient (Wildman–Crippen LogP) is 3.71. The molecule has 0 fully saturated rings. The Balaban J connectivity index is 3.06. The number of rotatable bonds is 4. The molecule has 1 unspecified atom stereocenters. The fourth-order valence-corrected chi connectivity index (χ4v) is 2.40. The van der Waals surface area contributed by atoms with Gasteiger partial charge in [0.15, 0.2) is 0 Å². The summed E-state index contributed by atoms with van der Waals surface area (Å²) < 4.78 is 0.646. The van der Waals surface area contributed by atoms with Gasteiger partial charge < -0.3 is 5.11 Å². The van der Waals surface area contributed by atoms with Gasteiger partial charge in [-0.05, 0) is 34.3 Å². The summed E-state index contributed by atoms with van der Waals surface area (Å²) in [6.45, 7) is 3.97. The minimum atomic E-state index is -0.857. The van der Waals surface area contributed by atoms with Crippen LogP contribution in [0.2, 0.25) is 5.02 Å². The molecule has 1 heterocycles. The molecule has 0 bridgehead atoms. The summed E-state index contributed by atoms with van der Waals surface area (Å²) in [5, 5.41) is 9.67. The van der Waals surface area contributed by atoms with Gasteiger partial charge in [0, 0.05) is 10.7 Å². The smallest absolute Gasteiger partial charge is 0.312 e. The average Bonchev–Trinajstić information content (AvgIpc) is 2.14. The summed E-state index contributed by atoms with van der Waals surface area (Å²) in [5.74, 6) is -1.15. The number of carboxylic acid groups (broad SMARTS) is 1. The first-order chi connectivity index (χ1) is 7.41. The molecule has 1 N–H and O–H groups in total. The number of hydrogen-bond donors (Lipinski definition) is 1. The molecule has 0 aliphatic rings. The van der Waals surface area contributed by atoms with Gasteiger partial charge in [0.1, 0.15) is 5.92 Å². The van der Waals surface area contributed by atoms with Crippen LogP contribution in [0.25, 0.3) is 0 Å². The fourth-order valence-electron chi connectivity index (χ4n) is 1.48. The Morgan fingerprint density at radius 1 is 1.62 bits per heavy atom. The molecule has 1 rings (SSSR count). The lowest BCUT2D eigenvalue weighted by Gasteiger charge is -2.15. The molecule has 16 heavy (non-hydrogen) atoms.